The van der Waals surface area contributed by atoms with Crippen molar-refractivity contribution < 1.29 is 24.2 Å². The highest BCUT2D eigenvalue weighted by atomic mass is 79.9. The summed E-state index contributed by atoms with van der Waals surface area (Å²) >= 11 is 6.74. The minimum Gasteiger partial charge on any atom is -0.481 e. The standard InChI is InChI=1S/C35H26Br2N2O5/c36-25-16-14-24(15-17-25)34(42)38-30-19-18-26(37)20-29(30)35(43)39-31(21-33(40)41)23-12-10-22(11-13-23)28-8-4-5-9-32(28)44-27-6-2-1-3-7-27/h1-20,31H,21H2,(H,38,42)(H,39,43)(H,40,41). The number of hydrogen-bond donors (Lipinski definition) is 3. The van der Waals surface area contributed by atoms with Crippen LogP contribution in [0.3, 0.4) is 0 Å². The fourth-order valence-corrected chi connectivity index (χ4v) is 5.20. The number of ether oxygens (including phenoxy) is 1. The minimum atomic E-state index is -1.07. The van der Waals surface area contributed by atoms with Crippen LogP contribution in [-0.2, 0) is 4.79 Å². The maximum atomic E-state index is 13.6. The first-order chi connectivity index (χ1) is 21.3. The van der Waals surface area contributed by atoms with E-state index in [1.807, 2.05) is 66.7 Å². The fourth-order valence-electron chi connectivity index (χ4n) is 4.58. The molecule has 0 aromatic heterocycles. The molecule has 1 atom stereocenters. The number of benzene rings is 5. The summed E-state index contributed by atoms with van der Waals surface area (Å²) in [6.45, 7) is 0. The van der Waals surface area contributed by atoms with Crippen LogP contribution in [0.15, 0.2) is 130 Å². The molecule has 3 N–H and O–H groups in total. The minimum absolute atomic E-state index is 0.184. The molecule has 0 aliphatic heterocycles. The molecule has 5 aromatic carbocycles. The van der Waals surface area contributed by atoms with Gasteiger partial charge in [0, 0.05) is 20.1 Å². The molecule has 5 rings (SSSR count). The Hall–Kier alpha value is -4.73. The van der Waals surface area contributed by atoms with Crippen molar-refractivity contribution in [3.8, 4) is 22.6 Å². The molecule has 0 heterocycles. The van der Waals surface area contributed by atoms with Gasteiger partial charge < -0.3 is 20.5 Å². The average molecular weight is 714 g/mol. The van der Waals surface area contributed by atoms with Crippen LogP contribution in [0.5, 0.6) is 11.5 Å². The zero-order valence-corrected chi connectivity index (χ0v) is 26.3. The molecular formula is C35H26Br2N2O5. The second-order valence-electron chi connectivity index (χ2n) is 9.81. The maximum absolute atomic E-state index is 13.6. The highest BCUT2D eigenvalue weighted by Crippen LogP contribution is 2.34. The summed E-state index contributed by atoms with van der Waals surface area (Å²) in [6, 6.07) is 35.3. The van der Waals surface area contributed by atoms with E-state index in [9.17, 15) is 19.5 Å². The van der Waals surface area contributed by atoms with Gasteiger partial charge in [0.05, 0.1) is 23.7 Å². The summed E-state index contributed by atoms with van der Waals surface area (Å²) < 4.78 is 7.57. The van der Waals surface area contributed by atoms with E-state index >= 15 is 0 Å². The third-order valence-corrected chi connectivity index (χ3v) is 7.77. The molecule has 0 saturated carbocycles. The summed E-state index contributed by atoms with van der Waals surface area (Å²) in [7, 11) is 0. The van der Waals surface area contributed by atoms with E-state index in [4.69, 9.17) is 4.74 Å². The number of rotatable bonds is 10. The van der Waals surface area contributed by atoms with Crippen molar-refractivity contribution in [2.45, 2.75) is 12.5 Å². The third kappa shape index (κ3) is 7.80. The van der Waals surface area contributed by atoms with Crippen LogP contribution in [0.2, 0.25) is 0 Å². The van der Waals surface area contributed by atoms with Gasteiger partial charge in [0.15, 0.2) is 0 Å². The SMILES string of the molecule is O=C(O)CC(NC(=O)c1cc(Br)ccc1NC(=O)c1ccc(Br)cc1)c1ccc(-c2ccccc2Oc2ccccc2)cc1. The first-order valence-corrected chi connectivity index (χ1v) is 15.2. The van der Waals surface area contributed by atoms with Crippen LogP contribution in [0.1, 0.15) is 38.7 Å². The number of halogens is 2. The Labute approximate surface area is 271 Å². The molecule has 0 aliphatic rings. The number of amides is 2. The summed E-state index contributed by atoms with van der Waals surface area (Å²) in [5.41, 5.74) is 3.23. The number of carbonyl (C=O) groups is 3. The van der Waals surface area contributed by atoms with Crippen LogP contribution in [0.4, 0.5) is 5.69 Å². The van der Waals surface area contributed by atoms with E-state index in [0.29, 0.717) is 27.1 Å². The van der Waals surface area contributed by atoms with Crippen molar-refractivity contribution >= 4 is 55.3 Å². The van der Waals surface area contributed by atoms with Crippen molar-refractivity contribution in [2.75, 3.05) is 5.32 Å². The predicted molar refractivity (Wildman–Crippen MR) is 177 cm³/mol. The Morgan fingerprint density at radius 2 is 1.39 bits per heavy atom. The number of anilines is 1. The lowest BCUT2D eigenvalue weighted by atomic mass is 9.98. The third-order valence-electron chi connectivity index (χ3n) is 6.75. The van der Waals surface area contributed by atoms with E-state index in [1.165, 1.54) is 0 Å². The lowest BCUT2D eigenvalue weighted by Gasteiger charge is -2.20. The Kier molecular flexibility index (Phi) is 9.89. The van der Waals surface area contributed by atoms with Gasteiger partial charge in [-0.15, -0.1) is 0 Å². The van der Waals surface area contributed by atoms with Gasteiger partial charge in [0.2, 0.25) is 0 Å². The first kappa shape index (κ1) is 30.7. The van der Waals surface area contributed by atoms with Crippen molar-refractivity contribution in [2.24, 2.45) is 0 Å². The van der Waals surface area contributed by atoms with Gasteiger partial charge in [0.1, 0.15) is 11.5 Å². The smallest absolute Gasteiger partial charge is 0.305 e. The van der Waals surface area contributed by atoms with Crippen molar-refractivity contribution in [1.82, 2.24) is 5.32 Å². The maximum Gasteiger partial charge on any atom is 0.305 e. The number of nitrogens with one attached hydrogen (secondary N) is 2. The van der Waals surface area contributed by atoms with Gasteiger partial charge >= 0.3 is 5.97 Å². The molecule has 220 valence electrons. The quantitative estimate of drug-likeness (QED) is 0.134. The monoisotopic (exact) mass is 712 g/mol. The molecule has 0 aliphatic carbocycles. The summed E-state index contributed by atoms with van der Waals surface area (Å²) in [5, 5.41) is 15.3. The zero-order chi connectivity index (χ0) is 31.1. The number of carboxylic acid groups (broad SMARTS) is 1. The number of hydrogen-bond acceptors (Lipinski definition) is 4. The largest absolute Gasteiger partial charge is 0.481 e. The molecule has 0 radical (unpaired) electrons. The van der Waals surface area contributed by atoms with Gasteiger partial charge in [-0.05, 0) is 71.8 Å². The highest BCUT2D eigenvalue weighted by molar-refractivity contribution is 9.10. The second-order valence-corrected chi connectivity index (χ2v) is 11.6. The van der Waals surface area contributed by atoms with Gasteiger partial charge in [-0.3, -0.25) is 14.4 Å². The number of carbonyl (C=O) groups excluding carboxylic acids is 2. The Balaban J connectivity index is 1.37. The molecule has 0 bridgehead atoms. The Morgan fingerprint density at radius 3 is 2.09 bits per heavy atom. The van der Waals surface area contributed by atoms with Crippen molar-refractivity contribution in [1.29, 1.82) is 0 Å². The van der Waals surface area contributed by atoms with Gasteiger partial charge in [-0.25, -0.2) is 0 Å². The van der Waals surface area contributed by atoms with Crippen LogP contribution in [0.25, 0.3) is 11.1 Å². The molecule has 0 saturated heterocycles. The number of carboxylic acids is 1. The molecular weight excluding hydrogens is 688 g/mol. The van der Waals surface area contributed by atoms with Gasteiger partial charge in [-0.1, -0.05) is 92.5 Å². The molecule has 5 aromatic rings. The molecule has 44 heavy (non-hydrogen) atoms. The van der Waals surface area contributed by atoms with E-state index in [0.717, 1.165) is 15.6 Å². The normalized spacial score (nSPS) is 11.3. The molecule has 2 amide bonds. The molecule has 7 nitrogen and oxygen atoms in total. The summed E-state index contributed by atoms with van der Waals surface area (Å²) in [4.78, 5) is 38.3. The molecule has 0 fully saturated rings. The topological polar surface area (TPSA) is 105 Å². The molecule has 0 spiro atoms. The summed E-state index contributed by atoms with van der Waals surface area (Å²) in [5.74, 6) is -0.605. The van der Waals surface area contributed by atoms with Crippen molar-refractivity contribution in [3.05, 3.63) is 147 Å². The second kappa shape index (κ2) is 14.2. The summed E-state index contributed by atoms with van der Waals surface area (Å²) in [6.07, 6.45) is -0.340. The van der Waals surface area contributed by atoms with Gasteiger partial charge in [0.25, 0.3) is 11.8 Å². The zero-order valence-electron chi connectivity index (χ0n) is 23.2. The Morgan fingerprint density at radius 1 is 0.727 bits per heavy atom. The van der Waals surface area contributed by atoms with Crippen LogP contribution >= 0.6 is 31.9 Å². The average Bonchev–Trinajstić information content (AvgIpc) is 3.02. The lowest BCUT2D eigenvalue weighted by Crippen LogP contribution is -2.31. The number of aliphatic carboxylic acids is 1. The molecule has 9 heteroatoms. The van der Waals surface area contributed by atoms with E-state index < -0.39 is 17.9 Å². The van der Waals surface area contributed by atoms with Crippen LogP contribution < -0.4 is 15.4 Å². The van der Waals surface area contributed by atoms with Crippen molar-refractivity contribution in [3.63, 3.8) is 0 Å². The van der Waals surface area contributed by atoms with E-state index in [-0.39, 0.29) is 23.6 Å². The fraction of sp³-hybridized carbons (Fsp3) is 0.0571. The van der Waals surface area contributed by atoms with E-state index in [2.05, 4.69) is 42.5 Å². The highest BCUT2D eigenvalue weighted by Gasteiger charge is 2.22. The van der Waals surface area contributed by atoms with Crippen LogP contribution in [-0.4, -0.2) is 22.9 Å². The van der Waals surface area contributed by atoms with Gasteiger partial charge in [-0.2, -0.15) is 0 Å². The first-order valence-electron chi connectivity index (χ1n) is 13.6. The molecule has 1 unspecified atom stereocenters. The predicted octanol–water partition coefficient (Wildman–Crippen LogP) is 8.87. The lowest BCUT2D eigenvalue weighted by molar-refractivity contribution is -0.137. The van der Waals surface area contributed by atoms with E-state index in [1.54, 1.807) is 54.6 Å². The van der Waals surface area contributed by atoms with Crippen LogP contribution in [0, 0.1) is 0 Å². The number of para-hydroxylation sites is 2. The Bertz CT molecular complexity index is 1790.